The zero-order valence-corrected chi connectivity index (χ0v) is 14.7. The van der Waals surface area contributed by atoms with Crippen molar-refractivity contribution in [2.24, 2.45) is 5.92 Å². The first-order chi connectivity index (χ1) is 12.3. The van der Waals surface area contributed by atoms with Crippen LogP contribution in [0.25, 0.3) is 10.9 Å². The lowest BCUT2D eigenvalue weighted by atomic mass is 10.0. The molecule has 2 heterocycles. The summed E-state index contributed by atoms with van der Waals surface area (Å²) in [6, 6.07) is 8.14. The number of para-hydroxylation sites is 1. The highest BCUT2D eigenvalue weighted by molar-refractivity contribution is 5.89. The number of amides is 1. The van der Waals surface area contributed by atoms with Crippen molar-refractivity contribution in [3.63, 3.8) is 0 Å². The number of anilines is 1. The monoisotopic (exact) mass is 338 g/mol. The SMILES string of the molecule is O=C(CC1CCCC1)N1CCCN(c2ncnc3ccccc23)CC1. The molecular weight excluding hydrogens is 312 g/mol. The van der Waals surface area contributed by atoms with E-state index in [0.717, 1.165) is 55.7 Å². The van der Waals surface area contributed by atoms with Crippen LogP contribution in [0.2, 0.25) is 0 Å². The average molecular weight is 338 g/mol. The van der Waals surface area contributed by atoms with Gasteiger partial charge in [-0.15, -0.1) is 0 Å². The summed E-state index contributed by atoms with van der Waals surface area (Å²) in [5, 5.41) is 1.09. The molecule has 2 fully saturated rings. The maximum atomic E-state index is 12.6. The van der Waals surface area contributed by atoms with E-state index in [1.807, 2.05) is 18.2 Å². The van der Waals surface area contributed by atoms with E-state index in [1.54, 1.807) is 6.33 Å². The molecule has 0 atom stereocenters. The van der Waals surface area contributed by atoms with E-state index in [2.05, 4.69) is 25.8 Å². The second-order valence-corrected chi connectivity index (χ2v) is 7.29. The summed E-state index contributed by atoms with van der Waals surface area (Å²) in [7, 11) is 0. The summed E-state index contributed by atoms with van der Waals surface area (Å²) in [4.78, 5) is 25.9. The molecule has 5 nitrogen and oxygen atoms in total. The highest BCUT2D eigenvalue weighted by atomic mass is 16.2. The number of hydrogen-bond acceptors (Lipinski definition) is 4. The molecule has 4 rings (SSSR count). The standard InChI is InChI=1S/C20H26N4O/c25-19(14-16-6-1-2-7-16)23-10-5-11-24(13-12-23)20-17-8-3-4-9-18(17)21-15-22-20/h3-4,8-9,15-16H,1-2,5-7,10-14H2. The molecule has 0 radical (unpaired) electrons. The van der Waals surface area contributed by atoms with Crippen LogP contribution in [0.5, 0.6) is 0 Å². The highest BCUT2D eigenvalue weighted by Gasteiger charge is 2.24. The lowest BCUT2D eigenvalue weighted by Gasteiger charge is -2.24. The van der Waals surface area contributed by atoms with E-state index in [4.69, 9.17) is 0 Å². The van der Waals surface area contributed by atoms with Gasteiger partial charge in [-0.05, 0) is 37.3 Å². The number of nitrogens with zero attached hydrogens (tertiary/aromatic N) is 4. The molecule has 0 bridgehead atoms. The summed E-state index contributed by atoms with van der Waals surface area (Å²) >= 11 is 0. The fourth-order valence-corrected chi connectivity index (χ4v) is 4.21. The zero-order valence-electron chi connectivity index (χ0n) is 14.7. The van der Waals surface area contributed by atoms with Crippen LogP contribution in [-0.4, -0.2) is 47.0 Å². The third-order valence-corrected chi connectivity index (χ3v) is 5.61. The molecule has 1 saturated carbocycles. The molecule has 0 spiro atoms. The Labute approximate surface area is 149 Å². The predicted molar refractivity (Wildman–Crippen MR) is 99.5 cm³/mol. The summed E-state index contributed by atoms with van der Waals surface area (Å²) < 4.78 is 0. The second-order valence-electron chi connectivity index (χ2n) is 7.29. The number of fused-ring (bicyclic) bond motifs is 1. The van der Waals surface area contributed by atoms with Crippen LogP contribution in [0.3, 0.4) is 0 Å². The fraction of sp³-hybridized carbons (Fsp3) is 0.550. The Morgan fingerprint density at radius 3 is 2.72 bits per heavy atom. The van der Waals surface area contributed by atoms with Gasteiger partial charge in [0.05, 0.1) is 5.52 Å². The normalized spacial score (nSPS) is 19.4. The third kappa shape index (κ3) is 3.60. The largest absolute Gasteiger partial charge is 0.354 e. The number of hydrogen-bond donors (Lipinski definition) is 0. The Morgan fingerprint density at radius 1 is 1.00 bits per heavy atom. The van der Waals surface area contributed by atoms with Crippen LogP contribution in [0, 0.1) is 5.92 Å². The van der Waals surface area contributed by atoms with Crippen LogP contribution in [0.4, 0.5) is 5.82 Å². The van der Waals surface area contributed by atoms with Gasteiger partial charge in [0.2, 0.25) is 5.91 Å². The van der Waals surface area contributed by atoms with E-state index >= 15 is 0 Å². The molecule has 2 aromatic rings. The van der Waals surface area contributed by atoms with Crippen molar-refractivity contribution in [2.45, 2.75) is 38.5 Å². The molecule has 2 aliphatic rings. The smallest absolute Gasteiger partial charge is 0.222 e. The Kier molecular flexibility index (Phi) is 4.81. The fourth-order valence-electron chi connectivity index (χ4n) is 4.21. The van der Waals surface area contributed by atoms with E-state index in [1.165, 1.54) is 25.7 Å². The molecule has 1 saturated heterocycles. The van der Waals surface area contributed by atoms with E-state index in [0.29, 0.717) is 11.8 Å². The lowest BCUT2D eigenvalue weighted by molar-refractivity contribution is -0.131. The minimum absolute atomic E-state index is 0.348. The van der Waals surface area contributed by atoms with Gasteiger partial charge < -0.3 is 9.80 Å². The molecule has 0 N–H and O–H groups in total. The van der Waals surface area contributed by atoms with Gasteiger partial charge >= 0.3 is 0 Å². The van der Waals surface area contributed by atoms with Crippen molar-refractivity contribution in [1.29, 1.82) is 0 Å². The van der Waals surface area contributed by atoms with E-state index < -0.39 is 0 Å². The quantitative estimate of drug-likeness (QED) is 0.862. The van der Waals surface area contributed by atoms with E-state index in [-0.39, 0.29) is 0 Å². The van der Waals surface area contributed by atoms with Gasteiger partial charge in [0.15, 0.2) is 0 Å². The highest BCUT2D eigenvalue weighted by Crippen LogP contribution is 2.28. The molecule has 25 heavy (non-hydrogen) atoms. The first-order valence-electron chi connectivity index (χ1n) is 9.54. The van der Waals surface area contributed by atoms with Crippen molar-refractivity contribution in [2.75, 3.05) is 31.1 Å². The second kappa shape index (κ2) is 7.38. The van der Waals surface area contributed by atoms with Crippen molar-refractivity contribution < 1.29 is 4.79 Å². The lowest BCUT2D eigenvalue weighted by Crippen LogP contribution is -2.36. The minimum Gasteiger partial charge on any atom is -0.354 e. The maximum Gasteiger partial charge on any atom is 0.222 e. The Hall–Kier alpha value is -2.17. The average Bonchev–Trinajstić information content (AvgIpc) is 3.03. The van der Waals surface area contributed by atoms with Crippen molar-refractivity contribution in [3.05, 3.63) is 30.6 Å². The van der Waals surface area contributed by atoms with Crippen LogP contribution < -0.4 is 4.90 Å². The van der Waals surface area contributed by atoms with Crippen LogP contribution >= 0.6 is 0 Å². The first-order valence-corrected chi connectivity index (χ1v) is 9.54. The number of aromatic nitrogens is 2. The summed E-state index contributed by atoms with van der Waals surface area (Å²) in [6.07, 6.45) is 8.45. The minimum atomic E-state index is 0.348. The van der Waals surface area contributed by atoms with Gasteiger partial charge in [-0.3, -0.25) is 4.79 Å². The Balaban J connectivity index is 1.44. The Morgan fingerprint density at radius 2 is 1.84 bits per heavy atom. The number of rotatable bonds is 3. The van der Waals surface area contributed by atoms with Crippen molar-refractivity contribution in [1.82, 2.24) is 14.9 Å². The van der Waals surface area contributed by atoms with Crippen LogP contribution in [-0.2, 0) is 4.79 Å². The van der Waals surface area contributed by atoms with Gasteiger partial charge in [-0.1, -0.05) is 25.0 Å². The Bertz CT molecular complexity index is 736. The predicted octanol–water partition coefficient (Wildman–Crippen LogP) is 3.25. The van der Waals surface area contributed by atoms with Gasteiger partial charge in [-0.2, -0.15) is 0 Å². The third-order valence-electron chi connectivity index (χ3n) is 5.61. The summed E-state index contributed by atoms with van der Waals surface area (Å²) in [5.74, 6) is 1.97. The van der Waals surface area contributed by atoms with Gasteiger partial charge in [0.25, 0.3) is 0 Å². The summed E-state index contributed by atoms with van der Waals surface area (Å²) in [5.41, 5.74) is 0.978. The van der Waals surface area contributed by atoms with E-state index in [9.17, 15) is 4.79 Å². The molecule has 1 aliphatic heterocycles. The van der Waals surface area contributed by atoms with Gasteiger partial charge in [0, 0.05) is 38.0 Å². The zero-order chi connectivity index (χ0) is 17.1. The summed E-state index contributed by atoms with van der Waals surface area (Å²) in [6.45, 7) is 3.45. The molecule has 5 heteroatoms. The maximum absolute atomic E-state index is 12.6. The molecule has 1 aliphatic carbocycles. The number of carbonyl (C=O) groups is 1. The van der Waals surface area contributed by atoms with Gasteiger partial charge in [0.1, 0.15) is 12.1 Å². The van der Waals surface area contributed by atoms with Gasteiger partial charge in [-0.25, -0.2) is 9.97 Å². The van der Waals surface area contributed by atoms with Crippen molar-refractivity contribution in [3.8, 4) is 0 Å². The molecule has 1 aromatic carbocycles. The molecular formula is C20H26N4O. The van der Waals surface area contributed by atoms with Crippen LogP contribution in [0.15, 0.2) is 30.6 Å². The van der Waals surface area contributed by atoms with Crippen molar-refractivity contribution >= 4 is 22.6 Å². The molecule has 1 amide bonds. The first kappa shape index (κ1) is 16.3. The molecule has 132 valence electrons. The molecule has 1 aromatic heterocycles. The van der Waals surface area contributed by atoms with Crippen LogP contribution in [0.1, 0.15) is 38.5 Å². The molecule has 0 unspecified atom stereocenters. The topological polar surface area (TPSA) is 49.3 Å². The number of benzene rings is 1. The number of carbonyl (C=O) groups excluding carboxylic acids is 1.